The molecule has 0 heterocycles. The summed E-state index contributed by atoms with van der Waals surface area (Å²) in [6.45, 7) is 1.38. The van der Waals surface area contributed by atoms with Gasteiger partial charge in [-0.05, 0) is 43.9 Å². The van der Waals surface area contributed by atoms with Crippen molar-refractivity contribution < 1.29 is 15.0 Å². The predicted molar refractivity (Wildman–Crippen MR) is 82.8 cm³/mol. The van der Waals surface area contributed by atoms with Gasteiger partial charge in [-0.3, -0.25) is 4.79 Å². The number of rotatable bonds is 5. The van der Waals surface area contributed by atoms with Crippen molar-refractivity contribution in [3.05, 3.63) is 35.9 Å². The van der Waals surface area contributed by atoms with Gasteiger partial charge in [-0.2, -0.15) is 0 Å². The van der Waals surface area contributed by atoms with E-state index in [1.807, 2.05) is 25.1 Å². The Balaban J connectivity index is 2.24. The fourth-order valence-electron chi connectivity index (χ4n) is 2.24. The van der Waals surface area contributed by atoms with Crippen LogP contribution in [-0.4, -0.2) is 48.2 Å². The van der Waals surface area contributed by atoms with E-state index in [1.54, 1.807) is 18.2 Å². The quantitative estimate of drug-likeness (QED) is 0.580. The first kappa shape index (κ1) is 15.1. The van der Waals surface area contributed by atoms with Gasteiger partial charge in [-0.25, -0.2) is 0 Å². The number of nitrogens with zero attached hydrogens (tertiary/aromatic N) is 1. The van der Waals surface area contributed by atoms with Crippen molar-refractivity contribution in [2.45, 2.75) is 6.42 Å². The SMILES string of the molecule is CN(C)CCCNC(=O)c1c(O)c(O)cc2ccccc12. The maximum Gasteiger partial charge on any atom is 0.255 e. The van der Waals surface area contributed by atoms with Crippen LogP contribution in [0.15, 0.2) is 30.3 Å². The van der Waals surface area contributed by atoms with E-state index in [4.69, 9.17) is 0 Å². The molecular formula is C16H20N2O3. The van der Waals surface area contributed by atoms with Gasteiger partial charge < -0.3 is 20.4 Å². The van der Waals surface area contributed by atoms with Crippen molar-refractivity contribution >= 4 is 16.7 Å². The van der Waals surface area contributed by atoms with Gasteiger partial charge in [0, 0.05) is 6.54 Å². The van der Waals surface area contributed by atoms with Crippen LogP contribution in [0, 0.1) is 0 Å². The first-order valence-electron chi connectivity index (χ1n) is 6.87. The normalized spacial score (nSPS) is 11.0. The average Bonchev–Trinajstić information content (AvgIpc) is 2.44. The Kier molecular flexibility index (Phi) is 4.65. The maximum atomic E-state index is 12.3. The Bertz CT molecular complexity index is 653. The molecule has 0 saturated carbocycles. The third-order valence-corrected chi connectivity index (χ3v) is 3.30. The van der Waals surface area contributed by atoms with Gasteiger partial charge in [0.25, 0.3) is 5.91 Å². The second-order valence-electron chi connectivity index (χ2n) is 5.25. The third kappa shape index (κ3) is 3.44. The molecule has 0 aliphatic carbocycles. The van der Waals surface area contributed by atoms with Crippen LogP contribution < -0.4 is 5.32 Å². The number of amides is 1. The lowest BCUT2D eigenvalue weighted by Gasteiger charge is -2.12. The minimum Gasteiger partial charge on any atom is -0.504 e. The summed E-state index contributed by atoms with van der Waals surface area (Å²) in [6, 6.07) is 8.60. The molecule has 2 aromatic rings. The van der Waals surface area contributed by atoms with Crippen LogP contribution in [-0.2, 0) is 0 Å². The van der Waals surface area contributed by atoms with Gasteiger partial charge in [0.15, 0.2) is 11.5 Å². The first-order valence-corrected chi connectivity index (χ1v) is 6.87. The van der Waals surface area contributed by atoms with Crippen molar-refractivity contribution in [2.75, 3.05) is 27.2 Å². The third-order valence-electron chi connectivity index (χ3n) is 3.30. The fourth-order valence-corrected chi connectivity index (χ4v) is 2.24. The number of phenols is 2. The van der Waals surface area contributed by atoms with Crippen LogP contribution in [0.4, 0.5) is 0 Å². The Morgan fingerprint density at radius 2 is 1.95 bits per heavy atom. The zero-order valence-corrected chi connectivity index (χ0v) is 12.3. The number of hydrogen-bond acceptors (Lipinski definition) is 4. The summed E-state index contributed by atoms with van der Waals surface area (Å²) in [5, 5.41) is 23.9. The number of phenolic OH excluding ortho intramolecular Hbond substituents is 2. The van der Waals surface area contributed by atoms with E-state index in [0.717, 1.165) is 13.0 Å². The summed E-state index contributed by atoms with van der Waals surface area (Å²) in [5.41, 5.74) is 0.121. The summed E-state index contributed by atoms with van der Waals surface area (Å²) in [7, 11) is 3.94. The van der Waals surface area contributed by atoms with E-state index >= 15 is 0 Å². The zero-order chi connectivity index (χ0) is 15.4. The maximum absolute atomic E-state index is 12.3. The molecule has 0 aliphatic heterocycles. The molecule has 21 heavy (non-hydrogen) atoms. The fraction of sp³-hybridized carbons (Fsp3) is 0.312. The van der Waals surface area contributed by atoms with E-state index in [-0.39, 0.29) is 23.0 Å². The van der Waals surface area contributed by atoms with E-state index in [1.165, 1.54) is 6.07 Å². The van der Waals surface area contributed by atoms with E-state index in [0.29, 0.717) is 17.3 Å². The molecule has 2 aromatic carbocycles. The molecule has 3 N–H and O–H groups in total. The Labute approximate surface area is 123 Å². The van der Waals surface area contributed by atoms with Crippen LogP contribution in [0.2, 0.25) is 0 Å². The number of hydrogen-bond donors (Lipinski definition) is 3. The molecule has 0 aliphatic rings. The first-order chi connectivity index (χ1) is 10.0. The number of carbonyl (C=O) groups excluding carboxylic acids is 1. The Morgan fingerprint density at radius 1 is 1.24 bits per heavy atom. The minimum atomic E-state index is -0.377. The highest BCUT2D eigenvalue weighted by Crippen LogP contribution is 2.35. The van der Waals surface area contributed by atoms with Gasteiger partial charge >= 0.3 is 0 Å². The number of nitrogens with one attached hydrogen (secondary N) is 1. The molecule has 0 radical (unpaired) electrons. The molecule has 5 heteroatoms. The van der Waals surface area contributed by atoms with E-state index < -0.39 is 0 Å². The van der Waals surface area contributed by atoms with E-state index in [9.17, 15) is 15.0 Å². The van der Waals surface area contributed by atoms with Gasteiger partial charge in [0.1, 0.15) is 0 Å². The highest BCUT2D eigenvalue weighted by Gasteiger charge is 2.18. The highest BCUT2D eigenvalue weighted by atomic mass is 16.3. The van der Waals surface area contributed by atoms with Crippen LogP contribution in [0.25, 0.3) is 10.8 Å². The molecule has 5 nitrogen and oxygen atoms in total. The average molecular weight is 288 g/mol. The standard InChI is InChI=1S/C16H20N2O3/c1-18(2)9-5-8-17-16(21)14-12-7-4-3-6-11(12)10-13(19)15(14)20/h3-4,6-7,10,19-20H,5,8-9H2,1-2H3,(H,17,21). The van der Waals surface area contributed by atoms with Crippen LogP contribution in [0.5, 0.6) is 11.5 Å². The molecule has 2 rings (SSSR count). The van der Waals surface area contributed by atoms with Gasteiger partial charge in [0.2, 0.25) is 0 Å². The molecule has 0 atom stereocenters. The van der Waals surface area contributed by atoms with Crippen molar-refractivity contribution in [1.82, 2.24) is 10.2 Å². The number of fused-ring (bicyclic) bond motifs is 1. The molecule has 1 amide bonds. The van der Waals surface area contributed by atoms with Crippen molar-refractivity contribution in [1.29, 1.82) is 0 Å². The number of benzene rings is 2. The number of aromatic hydroxyl groups is 2. The smallest absolute Gasteiger partial charge is 0.255 e. The molecule has 0 aromatic heterocycles. The molecule has 0 spiro atoms. The molecule has 0 fully saturated rings. The van der Waals surface area contributed by atoms with Gasteiger partial charge in [-0.15, -0.1) is 0 Å². The lowest BCUT2D eigenvalue weighted by molar-refractivity contribution is 0.0951. The molecular weight excluding hydrogens is 268 g/mol. The van der Waals surface area contributed by atoms with Crippen molar-refractivity contribution in [3.8, 4) is 11.5 Å². The van der Waals surface area contributed by atoms with E-state index in [2.05, 4.69) is 5.32 Å². The predicted octanol–water partition coefficient (Wildman–Crippen LogP) is 1.93. The largest absolute Gasteiger partial charge is 0.504 e. The summed E-state index contributed by atoms with van der Waals surface area (Å²) in [5.74, 6) is -1.04. The molecule has 0 saturated heterocycles. The van der Waals surface area contributed by atoms with Crippen LogP contribution >= 0.6 is 0 Å². The van der Waals surface area contributed by atoms with Gasteiger partial charge in [0.05, 0.1) is 5.56 Å². The summed E-state index contributed by atoms with van der Waals surface area (Å²) >= 11 is 0. The summed E-state index contributed by atoms with van der Waals surface area (Å²) in [6.07, 6.45) is 0.816. The topological polar surface area (TPSA) is 72.8 Å². The Hall–Kier alpha value is -2.27. The Morgan fingerprint density at radius 3 is 2.67 bits per heavy atom. The molecule has 0 bridgehead atoms. The number of carbonyl (C=O) groups is 1. The second kappa shape index (κ2) is 6.45. The van der Waals surface area contributed by atoms with Crippen molar-refractivity contribution in [2.24, 2.45) is 0 Å². The van der Waals surface area contributed by atoms with Crippen LogP contribution in [0.3, 0.4) is 0 Å². The summed E-state index contributed by atoms with van der Waals surface area (Å²) < 4.78 is 0. The minimum absolute atomic E-state index is 0.121. The second-order valence-corrected chi connectivity index (χ2v) is 5.25. The lowest BCUT2D eigenvalue weighted by Crippen LogP contribution is -2.27. The monoisotopic (exact) mass is 288 g/mol. The van der Waals surface area contributed by atoms with Crippen molar-refractivity contribution in [3.63, 3.8) is 0 Å². The lowest BCUT2D eigenvalue weighted by atomic mass is 10.0. The highest BCUT2D eigenvalue weighted by molar-refractivity contribution is 6.10. The van der Waals surface area contributed by atoms with Gasteiger partial charge in [-0.1, -0.05) is 24.3 Å². The summed E-state index contributed by atoms with van der Waals surface area (Å²) in [4.78, 5) is 14.3. The molecule has 112 valence electrons. The zero-order valence-electron chi connectivity index (χ0n) is 12.3. The molecule has 0 unspecified atom stereocenters. The van der Waals surface area contributed by atoms with Crippen LogP contribution in [0.1, 0.15) is 16.8 Å².